The van der Waals surface area contributed by atoms with Gasteiger partial charge in [-0.3, -0.25) is 4.70 Å². The Morgan fingerprint density at radius 2 is 1.65 bits per heavy atom. The van der Waals surface area contributed by atoms with Crippen molar-refractivity contribution in [1.82, 2.24) is 15.0 Å². The summed E-state index contributed by atoms with van der Waals surface area (Å²) in [6, 6.07) is 12.3. The summed E-state index contributed by atoms with van der Waals surface area (Å²) < 4.78 is 16.1. The molecule has 1 aromatic carbocycles. The number of ether oxygens (including phenoxy) is 3. The fourth-order valence-corrected chi connectivity index (χ4v) is 2.16. The Morgan fingerprint density at radius 1 is 0.962 bits per heavy atom. The molecule has 0 unspecified atom stereocenters. The van der Waals surface area contributed by atoms with Crippen LogP contribution in [-0.4, -0.2) is 29.2 Å². The minimum absolute atomic E-state index is 0. The van der Waals surface area contributed by atoms with Crippen molar-refractivity contribution in [3.8, 4) is 23.4 Å². The first-order chi connectivity index (χ1) is 12.2. The lowest BCUT2D eigenvalue weighted by Crippen LogP contribution is -2.02. The Bertz CT molecular complexity index is 860. The molecule has 2 heterocycles. The standard InChI is InChI=1S/C17H15ClN4O3.FH/c1-23-14-10-15(24-2)22-17(21-14)20-12-7-3-4-8-13(12)25-16-11(18)6-5-9-19-16;/h3-10H,1-2H3,(H,20,21,22);1H. The third-order valence-corrected chi connectivity index (χ3v) is 3.45. The summed E-state index contributed by atoms with van der Waals surface area (Å²) in [5.41, 5.74) is 0.638. The van der Waals surface area contributed by atoms with Crippen molar-refractivity contribution in [3.63, 3.8) is 0 Å². The molecule has 0 saturated carbocycles. The van der Waals surface area contributed by atoms with E-state index in [0.29, 0.717) is 40.0 Å². The largest absolute Gasteiger partial charge is 0.481 e. The third kappa shape index (κ3) is 4.48. The van der Waals surface area contributed by atoms with Gasteiger partial charge in [-0.2, -0.15) is 9.97 Å². The van der Waals surface area contributed by atoms with Crippen molar-refractivity contribution in [3.05, 3.63) is 53.7 Å². The van der Waals surface area contributed by atoms with Crippen molar-refractivity contribution < 1.29 is 18.9 Å². The van der Waals surface area contributed by atoms with E-state index >= 15 is 0 Å². The number of hydrogen-bond donors (Lipinski definition) is 1. The van der Waals surface area contributed by atoms with Gasteiger partial charge >= 0.3 is 0 Å². The van der Waals surface area contributed by atoms with Crippen LogP contribution in [0.3, 0.4) is 0 Å². The van der Waals surface area contributed by atoms with Crippen molar-refractivity contribution in [2.45, 2.75) is 0 Å². The van der Waals surface area contributed by atoms with Gasteiger partial charge in [0.05, 0.1) is 26.0 Å². The SMILES string of the molecule is COc1cc(OC)nc(Nc2ccccc2Oc2ncccc2Cl)n1.F. The Kier molecular flexibility index (Phi) is 6.51. The maximum atomic E-state index is 6.10. The van der Waals surface area contributed by atoms with Crippen LogP contribution in [0, 0.1) is 0 Å². The number of pyridine rings is 1. The number of hydrogen-bond acceptors (Lipinski definition) is 7. The highest BCUT2D eigenvalue weighted by molar-refractivity contribution is 6.31. The van der Waals surface area contributed by atoms with E-state index in [1.807, 2.05) is 18.2 Å². The molecule has 0 saturated heterocycles. The lowest BCUT2D eigenvalue weighted by atomic mass is 10.3. The highest BCUT2D eigenvalue weighted by Crippen LogP contribution is 2.33. The maximum absolute atomic E-state index is 6.10. The zero-order valence-electron chi connectivity index (χ0n) is 14.0. The summed E-state index contributed by atoms with van der Waals surface area (Å²) in [4.78, 5) is 12.6. The fourth-order valence-electron chi connectivity index (χ4n) is 2.00. The lowest BCUT2D eigenvalue weighted by Gasteiger charge is -2.13. The second-order valence-corrected chi connectivity index (χ2v) is 5.20. The van der Waals surface area contributed by atoms with E-state index in [0.717, 1.165) is 0 Å². The third-order valence-electron chi connectivity index (χ3n) is 3.16. The van der Waals surface area contributed by atoms with Gasteiger partial charge in [-0.05, 0) is 24.3 Å². The normalized spacial score (nSPS) is 9.81. The highest BCUT2D eigenvalue weighted by Gasteiger charge is 2.11. The smallest absolute Gasteiger partial charge is 0.238 e. The van der Waals surface area contributed by atoms with E-state index in [1.165, 1.54) is 14.2 Å². The van der Waals surface area contributed by atoms with Crippen LogP contribution < -0.4 is 19.5 Å². The molecule has 3 aromatic rings. The highest BCUT2D eigenvalue weighted by atomic mass is 35.5. The maximum Gasteiger partial charge on any atom is 0.238 e. The Hall–Kier alpha value is -3.13. The van der Waals surface area contributed by atoms with Gasteiger partial charge < -0.3 is 19.5 Å². The van der Waals surface area contributed by atoms with E-state index in [-0.39, 0.29) is 4.70 Å². The number of nitrogens with one attached hydrogen (secondary N) is 1. The molecule has 9 heteroatoms. The fraction of sp³-hybridized carbons (Fsp3) is 0.118. The molecule has 0 spiro atoms. The molecule has 26 heavy (non-hydrogen) atoms. The quantitative estimate of drug-likeness (QED) is 0.687. The van der Waals surface area contributed by atoms with Crippen LogP contribution in [0.5, 0.6) is 23.4 Å². The van der Waals surface area contributed by atoms with Crippen molar-refractivity contribution in [2.24, 2.45) is 0 Å². The van der Waals surface area contributed by atoms with Crippen LogP contribution in [0.25, 0.3) is 0 Å². The van der Waals surface area contributed by atoms with Crippen molar-refractivity contribution >= 4 is 23.2 Å². The number of aromatic nitrogens is 3. The first-order valence-electron chi connectivity index (χ1n) is 7.31. The summed E-state index contributed by atoms with van der Waals surface area (Å²) in [6.45, 7) is 0. The zero-order valence-corrected chi connectivity index (χ0v) is 14.7. The summed E-state index contributed by atoms with van der Waals surface area (Å²) in [5, 5.41) is 3.50. The molecule has 0 bridgehead atoms. The average Bonchev–Trinajstić information content (AvgIpc) is 2.64. The van der Waals surface area contributed by atoms with E-state index < -0.39 is 0 Å². The van der Waals surface area contributed by atoms with E-state index in [9.17, 15) is 0 Å². The van der Waals surface area contributed by atoms with Crippen LogP contribution in [0.4, 0.5) is 16.3 Å². The molecule has 3 rings (SSSR count). The number of nitrogens with zero attached hydrogens (tertiary/aromatic N) is 3. The summed E-state index contributed by atoms with van der Waals surface area (Å²) in [7, 11) is 3.04. The molecule has 136 valence electrons. The van der Waals surface area contributed by atoms with Crippen LogP contribution >= 0.6 is 11.6 Å². The van der Waals surface area contributed by atoms with Crippen LogP contribution in [0.1, 0.15) is 0 Å². The predicted octanol–water partition coefficient (Wildman–Crippen LogP) is 4.23. The molecule has 0 aliphatic heterocycles. The molecule has 0 fully saturated rings. The van der Waals surface area contributed by atoms with Crippen LogP contribution in [-0.2, 0) is 0 Å². The summed E-state index contributed by atoms with van der Waals surface area (Å²) in [5.74, 6) is 1.89. The van der Waals surface area contributed by atoms with E-state index in [2.05, 4.69) is 20.3 Å². The van der Waals surface area contributed by atoms with E-state index in [1.54, 1.807) is 30.5 Å². The zero-order chi connectivity index (χ0) is 17.6. The number of methoxy groups -OCH3 is 2. The van der Waals surface area contributed by atoms with Gasteiger partial charge in [0.25, 0.3) is 0 Å². The average molecular weight is 379 g/mol. The Balaban J connectivity index is 0.00000243. The molecule has 2 aromatic heterocycles. The summed E-state index contributed by atoms with van der Waals surface area (Å²) >= 11 is 6.10. The topological polar surface area (TPSA) is 78.4 Å². The summed E-state index contributed by atoms with van der Waals surface area (Å²) in [6.07, 6.45) is 1.60. The second kappa shape index (κ2) is 8.82. The van der Waals surface area contributed by atoms with Crippen molar-refractivity contribution in [1.29, 1.82) is 0 Å². The van der Waals surface area contributed by atoms with Crippen LogP contribution in [0.2, 0.25) is 5.02 Å². The van der Waals surface area contributed by atoms with Gasteiger partial charge in [0.2, 0.25) is 23.6 Å². The molecule has 0 atom stereocenters. The molecular weight excluding hydrogens is 363 g/mol. The van der Waals surface area contributed by atoms with Gasteiger partial charge in [0.1, 0.15) is 5.02 Å². The van der Waals surface area contributed by atoms with Crippen molar-refractivity contribution in [2.75, 3.05) is 19.5 Å². The molecule has 1 N–H and O–H groups in total. The second-order valence-electron chi connectivity index (χ2n) is 4.79. The number of anilines is 2. The first kappa shape index (κ1) is 19.2. The van der Waals surface area contributed by atoms with Gasteiger partial charge in [0, 0.05) is 6.20 Å². The monoisotopic (exact) mass is 378 g/mol. The van der Waals surface area contributed by atoms with Gasteiger partial charge in [-0.1, -0.05) is 23.7 Å². The molecule has 0 amide bonds. The number of rotatable bonds is 6. The molecule has 0 aliphatic carbocycles. The number of para-hydroxylation sites is 2. The first-order valence-corrected chi connectivity index (χ1v) is 7.69. The molecule has 0 aliphatic rings. The van der Waals surface area contributed by atoms with Gasteiger partial charge in [0.15, 0.2) is 5.75 Å². The lowest BCUT2D eigenvalue weighted by molar-refractivity contribution is 0.373. The Morgan fingerprint density at radius 3 is 2.31 bits per heavy atom. The minimum Gasteiger partial charge on any atom is -0.481 e. The number of halogens is 2. The van der Waals surface area contributed by atoms with Gasteiger partial charge in [-0.25, -0.2) is 4.98 Å². The van der Waals surface area contributed by atoms with E-state index in [4.69, 9.17) is 25.8 Å². The molecular formula is C17H16ClFN4O3. The minimum atomic E-state index is 0. The molecule has 0 radical (unpaired) electrons. The molecule has 7 nitrogen and oxygen atoms in total. The predicted molar refractivity (Wildman–Crippen MR) is 96.7 cm³/mol. The van der Waals surface area contributed by atoms with Crippen LogP contribution in [0.15, 0.2) is 48.7 Å². The number of benzene rings is 1. The van der Waals surface area contributed by atoms with Gasteiger partial charge in [-0.15, -0.1) is 0 Å². The Labute approximate surface area is 154 Å².